The van der Waals surface area contributed by atoms with Crippen molar-refractivity contribution in [1.29, 1.82) is 10.5 Å². The molecule has 3 aromatic rings. The van der Waals surface area contributed by atoms with Crippen LogP contribution in [-0.2, 0) is 4.79 Å². The summed E-state index contributed by atoms with van der Waals surface area (Å²) in [7, 11) is 1.45. The standard InChI is InChI=1S/C20H17ClN6O2S/c1-10(2)25-16(28)9-30-20-26-18(17-12(7-23)8-24-19(17)27-20)13-5-15(29-3)11(6-22)4-14(13)21/h4-5,8,10H,9H2,1-3H3,(H,25,28)(H,24,26,27). The van der Waals surface area contributed by atoms with Crippen LogP contribution in [0, 0.1) is 22.7 Å². The predicted octanol–water partition coefficient (Wildman–Crippen LogP) is 3.65. The number of aromatic amines is 1. The lowest BCUT2D eigenvalue weighted by Crippen LogP contribution is -2.31. The number of carbonyl (C=O) groups is 1. The van der Waals surface area contributed by atoms with Crippen LogP contribution in [0.4, 0.5) is 0 Å². The maximum absolute atomic E-state index is 12.0. The molecule has 30 heavy (non-hydrogen) atoms. The summed E-state index contributed by atoms with van der Waals surface area (Å²) in [6.45, 7) is 3.76. The summed E-state index contributed by atoms with van der Waals surface area (Å²) in [5.41, 5.74) is 1.99. The van der Waals surface area contributed by atoms with E-state index in [0.29, 0.717) is 38.8 Å². The number of aromatic nitrogens is 3. The molecule has 3 rings (SSSR count). The van der Waals surface area contributed by atoms with Crippen LogP contribution >= 0.6 is 23.4 Å². The van der Waals surface area contributed by atoms with Gasteiger partial charge in [-0.15, -0.1) is 0 Å². The molecule has 0 aliphatic rings. The van der Waals surface area contributed by atoms with E-state index in [0.717, 1.165) is 0 Å². The SMILES string of the molecule is COc1cc(-c2nc(SCC(=O)NC(C)C)nc3[nH]cc(C#N)c23)c(Cl)cc1C#N. The van der Waals surface area contributed by atoms with Crippen molar-refractivity contribution in [3.63, 3.8) is 0 Å². The third-order valence-electron chi connectivity index (χ3n) is 4.08. The van der Waals surface area contributed by atoms with Crippen molar-refractivity contribution in [1.82, 2.24) is 20.3 Å². The van der Waals surface area contributed by atoms with E-state index in [2.05, 4.69) is 26.3 Å². The Labute approximate surface area is 182 Å². The number of amides is 1. The van der Waals surface area contributed by atoms with Crippen molar-refractivity contribution in [2.75, 3.05) is 12.9 Å². The molecule has 0 aliphatic heterocycles. The highest BCUT2D eigenvalue weighted by Gasteiger charge is 2.20. The molecule has 0 unspecified atom stereocenters. The van der Waals surface area contributed by atoms with E-state index in [9.17, 15) is 15.3 Å². The molecule has 2 N–H and O–H groups in total. The van der Waals surface area contributed by atoms with E-state index in [1.54, 1.807) is 6.07 Å². The summed E-state index contributed by atoms with van der Waals surface area (Å²) in [4.78, 5) is 24.0. The molecular formula is C20H17ClN6O2S. The average Bonchev–Trinajstić information content (AvgIpc) is 3.14. The lowest BCUT2D eigenvalue weighted by molar-refractivity contribution is -0.119. The van der Waals surface area contributed by atoms with Gasteiger partial charge < -0.3 is 15.0 Å². The van der Waals surface area contributed by atoms with Crippen LogP contribution in [0.5, 0.6) is 5.75 Å². The van der Waals surface area contributed by atoms with E-state index in [1.165, 1.54) is 31.1 Å². The van der Waals surface area contributed by atoms with Gasteiger partial charge in [0.25, 0.3) is 0 Å². The van der Waals surface area contributed by atoms with E-state index in [-0.39, 0.29) is 28.3 Å². The quantitative estimate of drug-likeness (QED) is 0.442. The van der Waals surface area contributed by atoms with Gasteiger partial charge in [0, 0.05) is 17.8 Å². The van der Waals surface area contributed by atoms with Crippen LogP contribution in [0.3, 0.4) is 0 Å². The first-order valence-electron chi connectivity index (χ1n) is 8.87. The first-order chi connectivity index (χ1) is 14.4. The number of fused-ring (bicyclic) bond motifs is 1. The zero-order valence-corrected chi connectivity index (χ0v) is 18.0. The largest absolute Gasteiger partial charge is 0.495 e. The molecule has 0 spiro atoms. The van der Waals surface area contributed by atoms with Crippen LogP contribution in [0.15, 0.2) is 23.5 Å². The molecule has 0 bridgehead atoms. The van der Waals surface area contributed by atoms with Gasteiger partial charge in [0.15, 0.2) is 5.16 Å². The van der Waals surface area contributed by atoms with Crippen molar-refractivity contribution in [3.05, 3.63) is 34.5 Å². The fourth-order valence-electron chi connectivity index (χ4n) is 2.84. The van der Waals surface area contributed by atoms with E-state index in [4.69, 9.17) is 16.3 Å². The minimum atomic E-state index is -0.137. The van der Waals surface area contributed by atoms with Gasteiger partial charge in [-0.1, -0.05) is 23.4 Å². The van der Waals surface area contributed by atoms with Crippen molar-refractivity contribution < 1.29 is 9.53 Å². The van der Waals surface area contributed by atoms with Gasteiger partial charge in [-0.3, -0.25) is 4.79 Å². The first kappa shape index (κ1) is 21.4. The van der Waals surface area contributed by atoms with Crippen LogP contribution < -0.4 is 10.1 Å². The Hall–Kier alpha value is -3.27. The number of halogens is 1. The van der Waals surface area contributed by atoms with Gasteiger partial charge in [-0.25, -0.2) is 9.97 Å². The summed E-state index contributed by atoms with van der Waals surface area (Å²) in [6.07, 6.45) is 1.54. The molecule has 0 fully saturated rings. The van der Waals surface area contributed by atoms with Gasteiger partial charge in [-0.2, -0.15) is 10.5 Å². The number of hydrogen-bond donors (Lipinski definition) is 2. The zero-order chi connectivity index (χ0) is 21.8. The molecule has 152 valence electrons. The molecule has 1 amide bonds. The van der Waals surface area contributed by atoms with Gasteiger partial charge >= 0.3 is 0 Å². The van der Waals surface area contributed by atoms with Crippen molar-refractivity contribution in [2.24, 2.45) is 0 Å². The first-order valence-corrected chi connectivity index (χ1v) is 10.2. The number of nitrogens with zero attached hydrogens (tertiary/aromatic N) is 4. The summed E-state index contributed by atoms with van der Waals surface area (Å²) < 4.78 is 5.29. The second kappa shape index (κ2) is 9.04. The molecule has 2 aromatic heterocycles. The highest BCUT2D eigenvalue weighted by molar-refractivity contribution is 7.99. The van der Waals surface area contributed by atoms with E-state index >= 15 is 0 Å². The van der Waals surface area contributed by atoms with Gasteiger partial charge in [-0.05, 0) is 26.0 Å². The Morgan fingerprint density at radius 2 is 2.03 bits per heavy atom. The highest BCUT2D eigenvalue weighted by atomic mass is 35.5. The smallest absolute Gasteiger partial charge is 0.230 e. The molecule has 0 radical (unpaired) electrons. The number of methoxy groups -OCH3 is 1. The molecule has 0 aliphatic carbocycles. The van der Waals surface area contributed by atoms with Crippen LogP contribution in [0.2, 0.25) is 5.02 Å². The number of ether oxygens (including phenoxy) is 1. The predicted molar refractivity (Wildman–Crippen MR) is 114 cm³/mol. The molecular weight excluding hydrogens is 424 g/mol. The minimum absolute atomic E-state index is 0.0311. The molecule has 0 saturated heterocycles. The Bertz CT molecular complexity index is 1210. The molecule has 1 aromatic carbocycles. The van der Waals surface area contributed by atoms with Gasteiger partial charge in [0.1, 0.15) is 23.5 Å². The monoisotopic (exact) mass is 440 g/mol. The number of benzene rings is 1. The Morgan fingerprint density at radius 3 is 2.67 bits per heavy atom. The number of hydrogen-bond acceptors (Lipinski definition) is 7. The maximum atomic E-state index is 12.0. The zero-order valence-electron chi connectivity index (χ0n) is 16.4. The lowest BCUT2D eigenvalue weighted by Gasteiger charge is -2.11. The van der Waals surface area contributed by atoms with Crippen molar-refractivity contribution in [2.45, 2.75) is 25.0 Å². The normalized spacial score (nSPS) is 10.6. The van der Waals surface area contributed by atoms with E-state index in [1.807, 2.05) is 19.9 Å². The summed E-state index contributed by atoms with van der Waals surface area (Å²) in [5, 5.41) is 22.7. The Morgan fingerprint density at radius 1 is 1.30 bits per heavy atom. The van der Waals surface area contributed by atoms with Crippen molar-refractivity contribution >= 4 is 40.3 Å². The fraction of sp³-hybridized carbons (Fsp3) is 0.250. The average molecular weight is 441 g/mol. The molecule has 8 nitrogen and oxygen atoms in total. The minimum Gasteiger partial charge on any atom is -0.495 e. The number of nitriles is 2. The molecule has 10 heteroatoms. The second-order valence-corrected chi connectivity index (χ2v) is 7.90. The molecule has 0 saturated carbocycles. The van der Waals surface area contributed by atoms with Gasteiger partial charge in [0.05, 0.1) is 40.1 Å². The van der Waals surface area contributed by atoms with Crippen LogP contribution in [0.1, 0.15) is 25.0 Å². The highest BCUT2D eigenvalue weighted by Crippen LogP contribution is 2.38. The maximum Gasteiger partial charge on any atom is 0.230 e. The van der Waals surface area contributed by atoms with Gasteiger partial charge in [0.2, 0.25) is 5.91 Å². The van der Waals surface area contributed by atoms with E-state index < -0.39 is 0 Å². The lowest BCUT2D eigenvalue weighted by atomic mass is 10.0. The number of rotatable bonds is 6. The van der Waals surface area contributed by atoms with Crippen LogP contribution in [0.25, 0.3) is 22.3 Å². The third kappa shape index (κ3) is 4.33. The summed E-state index contributed by atoms with van der Waals surface area (Å²) in [5.74, 6) is 0.338. The number of nitrogens with one attached hydrogen (secondary N) is 2. The second-order valence-electron chi connectivity index (χ2n) is 6.55. The molecule has 0 atom stereocenters. The number of carbonyl (C=O) groups excluding carboxylic acids is 1. The molecule has 2 heterocycles. The van der Waals surface area contributed by atoms with Crippen molar-refractivity contribution in [3.8, 4) is 29.1 Å². The number of H-pyrrole nitrogens is 1. The topological polar surface area (TPSA) is 127 Å². The summed E-state index contributed by atoms with van der Waals surface area (Å²) >= 11 is 7.61. The third-order valence-corrected chi connectivity index (χ3v) is 5.24. The van der Waals surface area contributed by atoms with Crippen LogP contribution in [-0.4, -0.2) is 39.8 Å². The summed E-state index contributed by atoms with van der Waals surface area (Å²) in [6, 6.07) is 7.27. The Balaban J connectivity index is 2.13. The fourth-order valence-corrected chi connectivity index (χ4v) is 3.75. The number of thioether (sulfide) groups is 1. The Kier molecular flexibility index (Phi) is 6.46.